The van der Waals surface area contributed by atoms with Gasteiger partial charge in [0.1, 0.15) is 5.76 Å². The number of aldehydes is 1. The Morgan fingerprint density at radius 2 is 1.71 bits per heavy atom. The lowest BCUT2D eigenvalue weighted by Gasteiger charge is -2.05. The molecule has 4 aromatic heterocycles. The molecule has 0 atom stereocenters. The molecule has 0 spiro atoms. The predicted octanol–water partition coefficient (Wildman–Crippen LogP) is 3.93. The summed E-state index contributed by atoms with van der Waals surface area (Å²) >= 11 is 0. The Bertz CT molecular complexity index is 1290. The van der Waals surface area contributed by atoms with Crippen LogP contribution in [0.25, 0.3) is 39.6 Å². The number of furan rings is 1. The Labute approximate surface area is 159 Å². The van der Waals surface area contributed by atoms with Gasteiger partial charge in [-0.2, -0.15) is 9.61 Å². The zero-order valence-electron chi connectivity index (χ0n) is 14.6. The second kappa shape index (κ2) is 6.55. The van der Waals surface area contributed by atoms with Crippen LogP contribution in [-0.2, 0) is 0 Å². The van der Waals surface area contributed by atoms with Gasteiger partial charge in [-0.1, -0.05) is 18.2 Å². The lowest BCUT2D eigenvalue weighted by molar-refractivity contribution is 0.110. The Balaban J connectivity index is 1.60. The molecule has 0 amide bonds. The van der Waals surface area contributed by atoms with E-state index in [1.807, 2.05) is 48.5 Å². The summed E-state index contributed by atoms with van der Waals surface area (Å²) in [6, 6.07) is 18.7. The predicted molar refractivity (Wildman–Crippen MR) is 103 cm³/mol. The average molecular weight is 367 g/mol. The molecule has 134 valence electrons. The summed E-state index contributed by atoms with van der Waals surface area (Å²) < 4.78 is 7.24. The topological polar surface area (TPSA) is 86.2 Å². The molecule has 0 aliphatic carbocycles. The van der Waals surface area contributed by atoms with Crippen molar-refractivity contribution < 1.29 is 9.21 Å². The minimum Gasteiger partial charge on any atom is -0.453 e. The van der Waals surface area contributed by atoms with Crippen LogP contribution in [0, 0.1) is 0 Å². The zero-order valence-corrected chi connectivity index (χ0v) is 14.6. The van der Waals surface area contributed by atoms with Crippen molar-refractivity contribution in [2.24, 2.45) is 0 Å². The van der Waals surface area contributed by atoms with Crippen LogP contribution < -0.4 is 0 Å². The molecule has 5 rings (SSSR count). The second-order valence-corrected chi connectivity index (χ2v) is 6.15. The van der Waals surface area contributed by atoms with Gasteiger partial charge in [0.2, 0.25) is 0 Å². The van der Waals surface area contributed by atoms with Gasteiger partial charge in [-0.15, -0.1) is 10.2 Å². The zero-order chi connectivity index (χ0) is 18.9. The van der Waals surface area contributed by atoms with E-state index in [1.165, 1.54) is 0 Å². The molecule has 0 aliphatic heterocycles. The highest BCUT2D eigenvalue weighted by atomic mass is 16.3. The summed E-state index contributed by atoms with van der Waals surface area (Å²) in [6.45, 7) is 0. The minimum absolute atomic E-state index is 0.298. The van der Waals surface area contributed by atoms with Gasteiger partial charge in [0.25, 0.3) is 0 Å². The van der Waals surface area contributed by atoms with Gasteiger partial charge < -0.3 is 4.42 Å². The van der Waals surface area contributed by atoms with Gasteiger partial charge in [0.15, 0.2) is 23.5 Å². The molecule has 4 heterocycles. The van der Waals surface area contributed by atoms with Gasteiger partial charge in [-0.05, 0) is 42.5 Å². The maximum Gasteiger partial charge on any atom is 0.185 e. The smallest absolute Gasteiger partial charge is 0.185 e. The van der Waals surface area contributed by atoms with E-state index in [1.54, 1.807) is 29.0 Å². The molecule has 7 heteroatoms. The van der Waals surface area contributed by atoms with Crippen LogP contribution in [0.5, 0.6) is 0 Å². The van der Waals surface area contributed by atoms with E-state index >= 15 is 0 Å². The van der Waals surface area contributed by atoms with Gasteiger partial charge in [-0.3, -0.25) is 9.78 Å². The molecule has 0 bridgehead atoms. The summed E-state index contributed by atoms with van der Waals surface area (Å²) in [5.41, 5.74) is 4.10. The van der Waals surface area contributed by atoms with Crippen molar-refractivity contribution >= 4 is 11.9 Å². The van der Waals surface area contributed by atoms with E-state index in [0.717, 1.165) is 22.4 Å². The Morgan fingerprint density at radius 3 is 2.54 bits per heavy atom. The molecule has 5 aromatic rings. The van der Waals surface area contributed by atoms with Crippen LogP contribution in [0.15, 0.2) is 77.5 Å². The van der Waals surface area contributed by atoms with Crippen LogP contribution in [0.2, 0.25) is 0 Å². The van der Waals surface area contributed by atoms with Crippen molar-refractivity contribution in [3.8, 4) is 34.0 Å². The number of hydrogen-bond donors (Lipinski definition) is 0. The molecule has 0 aliphatic rings. The molecule has 0 saturated carbocycles. The monoisotopic (exact) mass is 367 g/mol. The number of fused-ring (bicyclic) bond motifs is 1. The SMILES string of the molecule is O=Cc1ccc(-c2cccc(-c3ccc4nnc(-c5ccncc5)n4n3)c2)o1. The molecule has 28 heavy (non-hydrogen) atoms. The van der Waals surface area contributed by atoms with Crippen LogP contribution in [-0.4, -0.2) is 31.1 Å². The number of aromatic nitrogens is 5. The third-order valence-electron chi connectivity index (χ3n) is 4.39. The normalized spacial score (nSPS) is 11.0. The van der Waals surface area contributed by atoms with Crippen LogP contribution in [0.1, 0.15) is 10.6 Å². The number of nitrogens with zero attached hydrogens (tertiary/aromatic N) is 5. The second-order valence-electron chi connectivity index (χ2n) is 6.15. The number of hydrogen-bond acceptors (Lipinski definition) is 6. The third-order valence-corrected chi connectivity index (χ3v) is 4.39. The molecule has 0 unspecified atom stereocenters. The summed E-state index contributed by atoms with van der Waals surface area (Å²) in [5.74, 6) is 1.58. The summed E-state index contributed by atoms with van der Waals surface area (Å²) in [5, 5.41) is 13.2. The van der Waals surface area contributed by atoms with Gasteiger partial charge in [0.05, 0.1) is 5.69 Å². The molecule has 1 aromatic carbocycles. The van der Waals surface area contributed by atoms with E-state index in [9.17, 15) is 4.79 Å². The van der Waals surface area contributed by atoms with Gasteiger partial charge >= 0.3 is 0 Å². The van der Waals surface area contributed by atoms with Crippen molar-refractivity contribution in [2.45, 2.75) is 0 Å². The van der Waals surface area contributed by atoms with E-state index in [-0.39, 0.29) is 0 Å². The first-order valence-electron chi connectivity index (χ1n) is 8.60. The van der Waals surface area contributed by atoms with Crippen LogP contribution in [0.3, 0.4) is 0 Å². The lowest BCUT2D eigenvalue weighted by Crippen LogP contribution is -1.97. The van der Waals surface area contributed by atoms with Crippen molar-refractivity contribution in [2.75, 3.05) is 0 Å². The largest absolute Gasteiger partial charge is 0.453 e. The van der Waals surface area contributed by atoms with Crippen molar-refractivity contribution in [1.82, 2.24) is 24.8 Å². The summed E-state index contributed by atoms with van der Waals surface area (Å²) in [7, 11) is 0. The van der Waals surface area contributed by atoms with Gasteiger partial charge in [-0.25, -0.2) is 0 Å². The minimum atomic E-state index is 0.298. The summed E-state index contributed by atoms with van der Waals surface area (Å²) in [6.07, 6.45) is 4.11. The van der Waals surface area contributed by atoms with Crippen molar-refractivity contribution in [3.63, 3.8) is 0 Å². The summed E-state index contributed by atoms with van der Waals surface area (Å²) in [4.78, 5) is 14.9. The standard InChI is InChI=1S/C21H13N5O2/c27-13-17-4-6-19(28-17)16-3-1-2-15(12-16)18-5-7-20-23-24-21(26(20)25-18)14-8-10-22-11-9-14/h1-13H. The molecular formula is C21H13N5O2. The first-order chi connectivity index (χ1) is 13.8. The van der Waals surface area contributed by atoms with E-state index in [0.29, 0.717) is 29.3 Å². The number of carbonyl (C=O) groups is 1. The van der Waals surface area contributed by atoms with E-state index in [4.69, 9.17) is 9.52 Å². The quantitative estimate of drug-likeness (QED) is 0.448. The van der Waals surface area contributed by atoms with Crippen molar-refractivity contribution in [1.29, 1.82) is 0 Å². The highest BCUT2D eigenvalue weighted by Crippen LogP contribution is 2.27. The first-order valence-corrected chi connectivity index (χ1v) is 8.60. The fourth-order valence-corrected chi connectivity index (χ4v) is 3.03. The number of benzene rings is 1. The van der Waals surface area contributed by atoms with Crippen LogP contribution in [0.4, 0.5) is 0 Å². The lowest BCUT2D eigenvalue weighted by atomic mass is 10.1. The van der Waals surface area contributed by atoms with Gasteiger partial charge in [0, 0.05) is 29.1 Å². The van der Waals surface area contributed by atoms with E-state index < -0.39 is 0 Å². The van der Waals surface area contributed by atoms with E-state index in [2.05, 4.69) is 15.2 Å². The highest BCUT2D eigenvalue weighted by molar-refractivity contribution is 5.74. The first kappa shape index (κ1) is 16.1. The fourth-order valence-electron chi connectivity index (χ4n) is 3.03. The van der Waals surface area contributed by atoms with Crippen LogP contribution >= 0.6 is 0 Å². The molecule has 0 N–H and O–H groups in total. The highest BCUT2D eigenvalue weighted by Gasteiger charge is 2.12. The van der Waals surface area contributed by atoms with Crippen molar-refractivity contribution in [3.05, 3.63) is 78.8 Å². The number of rotatable bonds is 4. The Hall–Kier alpha value is -4.13. The molecular weight excluding hydrogens is 354 g/mol. The number of pyridine rings is 1. The number of carbonyl (C=O) groups excluding carboxylic acids is 1. The average Bonchev–Trinajstić information content (AvgIpc) is 3.41. The Kier molecular flexibility index (Phi) is 3.76. The third kappa shape index (κ3) is 2.75. The molecule has 7 nitrogen and oxygen atoms in total. The molecule has 0 fully saturated rings. The Morgan fingerprint density at radius 1 is 0.857 bits per heavy atom. The maximum atomic E-state index is 10.9. The maximum absolute atomic E-state index is 10.9. The molecule has 0 radical (unpaired) electrons. The molecule has 0 saturated heterocycles. The fraction of sp³-hybridized carbons (Fsp3) is 0.